The molecule has 4 heteroatoms. The van der Waals surface area contributed by atoms with Crippen molar-refractivity contribution in [2.75, 3.05) is 13.1 Å². The summed E-state index contributed by atoms with van der Waals surface area (Å²) in [5, 5.41) is 0. The molecule has 2 heterocycles. The second-order valence-corrected chi connectivity index (χ2v) is 7.40. The van der Waals surface area contributed by atoms with Crippen LogP contribution >= 0.6 is 11.3 Å². The molecule has 1 aliphatic heterocycles. The van der Waals surface area contributed by atoms with Gasteiger partial charge in [-0.05, 0) is 57.3 Å². The van der Waals surface area contributed by atoms with E-state index in [1.54, 1.807) is 0 Å². The minimum absolute atomic E-state index is 0.196. The van der Waals surface area contributed by atoms with Gasteiger partial charge in [0.1, 0.15) is 0 Å². The fourth-order valence-electron chi connectivity index (χ4n) is 3.90. The molecule has 120 valence electrons. The maximum Gasteiger partial charge on any atom is 0.0442 e. The molecule has 2 rings (SSSR count). The van der Waals surface area contributed by atoms with Crippen molar-refractivity contribution >= 4 is 11.3 Å². The summed E-state index contributed by atoms with van der Waals surface area (Å²) in [6.45, 7) is 9.31. The van der Waals surface area contributed by atoms with E-state index in [0.717, 1.165) is 25.7 Å². The van der Waals surface area contributed by atoms with Gasteiger partial charge in [0.25, 0.3) is 0 Å². The van der Waals surface area contributed by atoms with Gasteiger partial charge in [0.05, 0.1) is 0 Å². The molecule has 0 aromatic carbocycles. The van der Waals surface area contributed by atoms with Gasteiger partial charge in [-0.25, -0.2) is 0 Å². The monoisotopic (exact) mass is 309 g/mol. The molecule has 1 unspecified atom stereocenters. The van der Waals surface area contributed by atoms with Crippen molar-refractivity contribution < 1.29 is 0 Å². The highest BCUT2D eigenvalue weighted by Crippen LogP contribution is 2.33. The number of hydrogen-bond acceptors (Lipinski definition) is 4. The number of thiophene rings is 1. The van der Waals surface area contributed by atoms with Crippen LogP contribution in [0.25, 0.3) is 0 Å². The van der Waals surface area contributed by atoms with Crippen LogP contribution in [0.3, 0.4) is 0 Å². The van der Waals surface area contributed by atoms with Gasteiger partial charge < -0.3 is 0 Å². The van der Waals surface area contributed by atoms with Gasteiger partial charge in [0.2, 0.25) is 0 Å². The van der Waals surface area contributed by atoms with Crippen LogP contribution in [0.15, 0.2) is 12.1 Å². The normalized spacial score (nSPS) is 18.3. The molecule has 1 fully saturated rings. The van der Waals surface area contributed by atoms with E-state index in [0.29, 0.717) is 6.04 Å². The van der Waals surface area contributed by atoms with Crippen LogP contribution in [0.2, 0.25) is 0 Å². The molecule has 3 nitrogen and oxygen atoms in total. The van der Waals surface area contributed by atoms with Crippen LogP contribution in [0, 0.1) is 0 Å². The van der Waals surface area contributed by atoms with E-state index < -0.39 is 0 Å². The lowest BCUT2D eigenvalue weighted by atomic mass is 9.81. The number of hydrazine groups is 1. The van der Waals surface area contributed by atoms with Crippen molar-refractivity contribution in [3.8, 4) is 0 Å². The fraction of sp³-hybridized carbons (Fsp3) is 0.765. The molecule has 0 saturated carbocycles. The Kier molecular flexibility index (Phi) is 6.23. The van der Waals surface area contributed by atoms with E-state index in [9.17, 15) is 0 Å². The van der Waals surface area contributed by atoms with Gasteiger partial charge in [0.15, 0.2) is 0 Å². The highest BCUT2D eigenvalue weighted by atomic mass is 32.1. The number of nitrogens with zero attached hydrogens (tertiary/aromatic N) is 1. The molecule has 1 saturated heterocycles. The van der Waals surface area contributed by atoms with Crippen molar-refractivity contribution in [3.05, 3.63) is 21.9 Å². The summed E-state index contributed by atoms with van der Waals surface area (Å²) in [7, 11) is 0. The van der Waals surface area contributed by atoms with Crippen molar-refractivity contribution in [2.45, 2.75) is 70.9 Å². The van der Waals surface area contributed by atoms with Gasteiger partial charge in [-0.2, -0.15) is 0 Å². The molecule has 0 amide bonds. The number of rotatable bonds is 8. The largest absolute Gasteiger partial charge is 0.296 e. The van der Waals surface area contributed by atoms with Crippen LogP contribution < -0.4 is 11.3 Å². The molecule has 3 N–H and O–H groups in total. The van der Waals surface area contributed by atoms with E-state index in [1.165, 1.54) is 35.7 Å². The minimum atomic E-state index is 0.196. The predicted molar refractivity (Wildman–Crippen MR) is 92.6 cm³/mol. The second-order valence-electron chi connectivity index (χ2n) is 6.15. The Morgan fingerprint density at radius 2 is 1.81 bits per heavy atom. The fourth-order valence-corrected chi connectivity index (χ4v) is 4.90. The first-order valence-electron chi connectivity index (χ1n) is 8.48. The summed E-state index contributed by atoms with van der Waals surface area (Å²) in [4.78, 5) is 5.62. The van der Waals surface area contributed by atoms with Crippen LogP contribution in [0.4, 0.5) is 0 Å². The lowest BCUT2D eigenvalue weighted by Crippen LogP contribution is -2.62. The van der Waals surface area contributed by atoms with Crippen LogP contribution in [-0.4, -0.2) is 29.6 Å². The topological polar surface area (TPSA) is 41.3 Å². The zero-order valence-electron chi connectivity index (χ0n) is 13.8. The van der Waals surface area contributed by atoms with Crippen LogP contribution in [0.1, 0.15) is 56.2 Å². The molecule has 1 aliphatic rings. The Bertz CT molecular complexity index is 419. The number of hydrogen-bond donors (Lipinski definition) is 2. The van der Waals surface area contributed by atoms with E-state index in [4.69, 9.17) is 5.84 Å². The molecule has 0 bridgehead atoms. The van der Waals surface area contributed by atoms with Crippen molar-refractivity contribution in [2.24, 2.45) is 5.84 Å². The predicted octanol–water partition coefficient (Wildman–Crippen LogP) is 3.34. The first kappa shape index (κ1) is 16.9. The Hall–Kier alpha value is -0.420. The second kappa shape index (κ2) is 7.73. The Labute approximate surface area is 133 Å². The summed E-state index contributed by atoms with van der Waals surface area (Å²) in [6.07, 6.45) is 7.15. The highest BCUT2D eigenvalue weighted by Gasteiger charge is 2.41. The minimum Gasteiger partial charge on any atom is -0.296 e. The molecular formula is C17H31N3S. The van der Waals surface area contributed by atoms with Gasteiger partial charge >= 0.3 is 0 Å². The molecular weight excluding hydrogens is 278 g/mol. The summed E-state index contributed by atoms with van der Waals surface area (Å²) < 4.78 is 0. The maximum atomic E-state index is 5.99. The third-order valence-corrected chi connectivity index (χ3v) is 6.53. The van der Waals surface area contributed by atoms with Gasteiger partial charge in [-0.15, -0.1) is 11.3 Å². The van der Waals surface area contributed by atoms with Crippen molar-refractivity contribution in [1.82, 2.24) is 10.3 Å². The quantitative estimate of drug-likeness (QED) is 0.571. The zero-order valence-corrected chi connectivity index (χ0v) is 14.6. The smallest absolute Gasteiger partial charge is 0.0442 e. The number of nitrogens with one attached hydrogen (secondary N) is 1. The number of nitrogens with two attached hydrogens (primary N) is 1. The Morgan fingerprint density at radius 3 is 2.29 bits per heavy atom. The average molecular weight is 310 g/mol. The van der Waals surface area contributed by atoms with E-state index in [-0.39, 0.29) is 5.54 Å². The van der Waals surface area contributed by atoms with E-state index in [2.05, 4.69) is 43.2 Å². The molecule has 1 atom stereocenters. The zero-order chi connectivity index (χ0) is 15.3. The standard InChI is InChI=1S/C17H31N3S/c1-4-14-9-10-15(21-14)13-16(19-18)17(5-2,6-3)20-11-7-8-12-20/h9-10,16,19H,4-8,11-13,18H2,1-3H3. The SMILES string of the molecule is CCc1ccc(CC(NN)C(CC)(CC)N2CCCC2)s1. The molecule has 21 heavy (non-hydrogen) atoms. The van der Waals surface area contributed by atoms with Crippen LogP contribution in [0.5, 0.6) is 0 Å². The van der Waals surface area contributed by atoms with E-state index in [1.807, 2.05) is 11.3 Å². The Morgan fingerprint density at radius 1 is 1.19 bits per heavy atom. The summed E-state index contributed by atoms with van der Waals surface area (Å²) >= 11 is 1.94. The first-order chi connectivity index (χ1) is 10.2. The summed E-state index contributed by atoms with van der Waals surface area (Å²) in [5.41, 5.74) is 3.36. The molecule has 1 aromatic heterocycles. The summed E-state index contributed by atoms with van der Waals surface area (Å²) in [6, 6.07) is 4.88. The average Bonchev–Trinajstić information content (AvgIpc) is 3.19. The van der Waals surface area contributed by atoms with Gasteiger partial charge in [-0.1, -0.05) is 20.8 Å². The van der Waals surface area contributed by atoms with Crippen molar-refractivity contribution in [3.63, 3.8) is 0 Å². The van der Waals surface area contributed by atoms with Crippen molar-refractivity contribution in [1.29, 1.82) is 0 Å². The first-order valence-corrected chi connectivity index (χ1v) is 9.30. The lowest BCUT2D eigenvalue weighted by molar-refractivity contribution is 0.0623. The van der Waals surface area contributed by atoms with Crippen LogP contribution in [-0.2, 0) is 12.8 Å². The Balaban J connectivity index is 2.18. The molecule has 0 spiro atoms. The third kappa shape index (κ3) is 3.50. The molecule has 0 radical (unpaired) electrons. The third-order valence-electron chi connectivity index (χ3n) is 5.28. The van der Waals surface area contributed by atoms with E-state index >= 15 is 0 Å². The summed E-state index contributed by atoms with van der Waals surface area (Å²) in [5.74, 6) is 5.99. The lowest BCUT2D eigenvalue weighted by Gasteiger charge is -2.46. The van der Waals surface area contributed by atoms with Gasteiger partial charge in [0, 0.05) is 27.8 Å². The number of likely N-dealkylation sites (tertiary alicyclic amines) is 1. The molecule has 0 aliphatic carbocycles. The van der Waals surface area contributed by atoms with Gasteiger partial charge in [-0.3, -0.25) is 16.2 Å². The number of aryl methyl sites for hydroxylation is 1. The highest BCUT2D eigenvalue weighted by molar-refractivity contribution is 7.11. The maximum absolute atomic E-state index is 5.99. The molecule has 1 aromatic rings.